The number of para-hydroxylation sites is 1. The number of carbonyl (C=O) groups is 2. The van der Waals surface area contributed by atoms with Gasteiger partial charge in [-0.2, -0.15) is 0 Å². The van der Waals surface area contributed by atoms with Crippen molar-refractivity contribution < 1.29 is 14.3 Å². The molecule has 0 radical (unpaired) electrons. The predicted molar refractivity (Wildman–Crippen MR) is 105 cm³/mol. The van der Waals surface area contributed by atoms with E-state index >= 15 is 0 Å². The van der Waals surface area contributed by atoms with Gasteiger partial charge in [-0.25, -0.2) is 4.79 Å². The first-order valence-corrected chi connectivity index (χ1v) is 8.65. The summed E-state index contributed by atoms with van der Waals surface area (Å²) in [5, 5.41) is 2.90. The molecule has 0 aliphatic carbocycles. The van der Waals surface area contributed by atoms with E-state index in [1.165, 1.54) is 0 Å². The highest BCUT2D eigenvalue weighted by molar-refractivity contribution is 6.28. The molecule has 4 heteroatoms. The zero-order valence-corrected chi connectivity index (χ0v) is 14.5. The minimum Gasteiger partial charge on any atom is -0.457 e. The fraction of sp³-hybridized carbons (Fsp3) is 0.0435. The van der Waals surface area contributed by atoms with Gasteiger partial charge in [0.05, 0.1) is 5.57 Å². The Hall–Kier alpha value is -3.66. The summed E-state index contributed by atoms with van der Waals surface area (Å²) in [4.78, 5) is 25.2. The molecule has 0 unspecified atom stereocenters. The first-order valence-electron chi connectivity index (χ1n) is 8.65. The molecule has 1 heterocycles. The lowest BCUT2D eigenvalue weighted by Gasteiger charge is -2.11. The zero-order chi connectivity index (χ0) is 18.6. The Kier molecular flexibility index (Phi) is 4.54. The van der Waals surface area contributed by atoms with E-state index in [0.29, 0.717) is 22.4 Å². The van der Waals surface area contributed by atoms with Gasteiger partial charge in [0.1, 0.15) is 6.61 Å². The van der Waals surface area contributed by atoms with Crippen LogP contribution in [0.4, 0.5) is 5.69 Å². The molecule has 0 fully saturated rings. The van der Waals surface area contributed by atoms with Crippen LogP contribution in [0.3, 0.4) is 0 Å². The fourth-order valence-electron chi connectivity index (χ4n) is 3.18. The molecule has 1 N–H and O–H groups in total. The van der Waals surface area contributed by atoms with Crippen LogP contribution in [0.5, 0.6) is 0 Å². The normalized spacial score (nSPS) is 13.4. The number of cyclic esters (lactones) is 1. The van der Waals surface area contributed by atoms with Crippen molar-refractivity contribution in [2.45, 2.75) is 0 Å². The van der Waals surface area contributed by atoms with Gasteiger partial charge in [-0.3, -0.25) is 4.79 Å². The lowest BCUT2D eigenvalue weighted by atomic mass is 9.93. The maximum atomic E-state index is 12.9. The predicted octanol–water partition coefficient (Wildman–Crippen LogP) is 4.41. The Morgan fingerprint density at radius 2 is 1.44 bits per heavy atom. The van der Waals surface area contributed by atoms with Gasteiger partial charge in [0.15, 0.2) is 0 Å². The van der Waals surface area contributed by atoms with Crippen molar-refractivity contribution in [2.75, 3.05) is 11.9 Å². The van der Waals surface area contributed by atoms with Crippen molar-refractivity contribution >= 4 is 28.7 Å². The zero-order valence-electron chi connectivity index (χ0n) is 14.5. The van der Waals surface area contributed by atoms with Crippen LogP contribution in [0, 0.1) is 0 Å². The van der Waals surface area contributed by atoms with Crippen molar-refractivity contribution in [1.29, 1.82) is 0 Å². The number of esters is 1. The number of anilines is 1. The summed E-state index contributed by atoms with van der Waals surface area (Å²) in [6.45, 7) is 0.151. The van der Waals surface area contributed by atoms with E-state index < -0.39 is 0 Å². The van der Waals surface area contributed by atoms with E-state index in [4.69, 9.17) is 4.74 Å². The topological polar surface area (TPSA) is 55.4 Å². The minimum absolute atomic E-state index is 0.151. The summed E-state index contributed by atoms with van der Waals surface area (Å²) in [5.41, 5.74) is 3.95. The van der Waals surface area contributed by atoms with Gasteiger partial charge in [-0.1, -0.05) is 66.7 Å². The van der Waals surface area contributed by atoms with Gasteiger partial charge in [0.2, 0.25) is 0 Å². The van der Waals surface area contributed by atoms with Crippen LogP contribution in [0.2, 0.25) is 0 Å². The van der Waals surface area contributed by atoms with Crippen LogP contribution in [0.1, 0.15) is 21.5 Å². The second-order valence-corrected chi connectivity index (χ2v) is 6.16. The molecule has 1 aliphatic rings. The van der Waals surface area contributed by atoms with Gasteiger partial charge in [-0.15, -0.1) is 0 Å². The Morgan fingerprint density at radius 1 is 0.815 bits per heavy atom. The largest absolute Gasteiger partial charge is 0.457 e. The second kappa shape index (κ2) is 7.30. The summed E-state index contributed by atoms with van der Waals surface area (Å²) in [6, 6.07) is 25.9. The molecule has 0 saturated carbocycles. The average molecular weight is 355 g/mol. The highest BCUT2D eigenvalue weighted by Gasteiger charge is 2.29. The molecule has 0 saturated heterocycles. The van der Waals surface area contributed by atoms with Crippen molar-refractivity contribution in [3.8, 4) is 0 Å². The maximum Gasteiger partial charge on any atom is 0.339 e. The van der Waals surface area contributed by atoms with Gasteiger partial charge >= 0.3 is 5.97 Å². The molecule has 0 bridgehead atoms. The van der Waals surface area contributed by atoms with E-state index in [2.05, 4.69) is 5.32 Å². The molecular weight excluding hydrogens is 338 g/mol. The molecule has 0 spiro atoms. The third-order valence-corrected chi connectivity index (χ3v) is 4.44. The number of benzene rings is 3. The smallest absolute Gasteiger partial charge is 0.339 e. The molecule has 27 heavy (non-hydrogen) atoms. The van der Waals surface area contributed by atoms with Crippen LogP contribution in [0.25, 0.3) is 11.1 Å². The third-order valence-electron chi connectivity index (χ3n) is 4.44. The molecule has 1 amide bonds. The molecule has 4 nitrogen and oxygen atoms in total. The number of ether oxygens (including phenoxy) is 1. The molecule has 3 aromatic rings. The second-order valence-electron chi connectivity index (χ2n) is 6.16. The SMILES string of the molecule is O=C1OCC(c2ccccc2C(=O)Nc2ccccc2)=C1c1ccccc1. The van der Waals surface area contributed by atoms with E-state index in [1.54, 1.807) is 6.07 Å². The number of nitrogens with one attached hydrogen (secondary N) is 1. The molecule has 0 aromatic heterocycles. The molecular formula is C23H17NO3. The van der Waals surface area contributed by atoms with Gasteiger partial charge in [0.25, 0.3) is 5.91 Å². The number of hydrogen-bond donors (Lipinski definition) is 1. The standard InChI is InChI=1S/C23H17NO3/c25-22(24-17-11-5-2-6-12-17)19-14-8-7-13-18(19)20-15-27-23(26)21(20)16-9-3-1-4-10-16/h1-14H,15H2,(H,24,25). The Bertz CT molecular complexity index is 1020. The monoisotopic (exact) mass is 355 g/mol. The van der Waals surface area contributed by atoms with Crippen LogP contribution >= 0.6 is 0 Å². The van der Waals surface area contributed by atoms with Crippen LogP contribution in [0.15, 0.2) is 84.9 Å². The molecule has 132 valence electrons. The third kappa shape index (κ3) is 3.37. The number of hydrogen-bond acceptors (Lipinski definition) is 3. The Balaban J connectivity index is 1.77. The number of amides is 1. The molecule has 3 aromatic carbocycles. The lowest BCUT2D eigenvalue weighted by molar-refractivity contribution is -0.133. The maximum absolute atomic E-state index is 12.9. The highest BCUT2D eigenvalue weighted by Crippen LogP contribution is 2.34. The summed E-state index contributed by atoms with van der Waals surface area (Å²) < 4.78 is 5.30. The van der Waals surface area contributed by atoms with Crippen molar-refractivity contribution in [2.24, 2.45) is 0 Å². The lowest BCUT2D eigenvalue weighted by Crippen LogP contribution is -2.14. The van der Waals surface area contributed by atoms with E-state index in [9.17, 15) is 9.59 Å². The first kappa shape index (κ1) is 16.8. The van der Waals surface area contributed by atoms with Crippen LogP contribution < -0.4 is 5.32 Å². The average Bonchev–Trinajstić information content (AvgIpc) is 3.10. The van der Waals surface area contributed by atoms with Crippen molar-refractivity contribution in [1.82, 2.24) is 0 Å². The summed E-state index contributed by atoms with van der Waals surface area (Å²) in [6.07, 6.45) is 0. The van der Waals surface area contributed by atoms with E-state index in [0.717, 1.165) is 11.1 Å². The van der Waals surface area contributed by atoms with E-state index in [-0.39, 0.29) is 18.5 Å². The van der Waals surface area contributed by atoms with Crippen molar-refractivity contribution in [3.63, 3.8) is 0 Å². The van der Waals surface area contributed by atoms with Crippen molar-refractivity contribution in [3.05, 3.63) is 102 Å². The fourth-order valence-corrected chi connectivity index (χ4v) is 3.18. The van der Waals surface area contributed by atoms with Gasteiger partial charge in [-0.05, 0) is 29.3 Å². The summed E-state index contributed by atoms with van der Waals surface area (Å²) in [5.74, 6) is -0.592. The molecule has 1 aliphatic heterocycles. The van der Waals surface area contributed by atoms with Gasteiger partial charge < -0.3 is 10.1 Å². The van der Waals surface area contributed by atoms with Crippen LogP contribution in [-0.2, 0) is 9.53 Å². The number of carbonyl (C=O) groups excluding carboxylic acids is 2. The highest BCUT2D eigenvalue weighted by atomic mass is 16.5. The summed E-state index contributed by atoms with van der Waals surface area (Å²) in [7, 11) is 0. The molecule has 4 rings (SSSR count). The molecule has 0 atom stereocenters. The Labute approximate surface area is 157 Å². The first-order chi connectivity index (χ1) is 13.2. The Morgan fingerprint density at radius 3 is 2.19 bits per heavy atom. The van der Waals surface area contributed by atoms with Crippen LogP contribution in [-0.4, -0.2) is 18.5 Å². The minimum atomic E-state index is -0.366. The number of rotatable bonds is 4. The summed E-state index contributed by atoms with van der Waals surface area (Å²) >= 11 is 0. The van der Waals surface area contributed by atoms with Gasteiger partial charge in [0, 0.05) is 16.8 Å². The van der Waals surface area contributed by atoms with E-state index in [1.807, 2.05) is 78.9 Å². The quantitative estimate of drug-likeness (QED) is 0.706.